The van der Waals surface area contributed by atoms with Crippen molar-refractivity contribution >= 4 is 36.6 Å². The average Bonchev–Trinajstić information content (AvgIpc) is 3.27. The van der Waals surface area contributed by atoms with E-state index in [9.17, 15) is 9.59 Å². The number of carbonyl (C=O) groups excluding carboxylic acids is 2. The first-order valence-electron chi connectivity index (χ1n) is 9.40. The van der Waals surface area contributed by atoms with Crippen molar-refractivity contribution in [2.75, 3.05) is 40.3 Å². The van der Waals surface area contributed by atoms with Gasteiger partial charge in [-0.1, -0.05) is 18.2 Å². The number of rotatable bonds is 6. The van der Waals surface area contributed by atoms with E-state index in [0.29, 0.717) is 13.1 Å². The number of carbonyl (C=O) groups is 2. The van der Waals surface area contributed by atoms with E-state index < -0.39 is 6.04 Å². The van der Waals surface area contributed by atoms with Crippen LogP contribution in [0, 0.1) is 0 Å². The molecule has 0 saturated carbocycles. The largest absolute Gasteiger partial charge is 0.496 e. The Balaban J connectivity index is 0.00000225. The highest BCUT2D eigenvalue weighted by Crippen LogP contribution is 2.30. The molecule has 30 heavy (non-hydrogen) atoms. The summed E-state index contributed by atoms with van der Waals surface area (Å²) in [5, 5.41) is 7.45. The maximum Gasteiger partial charge on any atom is 0.247 e. The Morgan fingerprint density at radius 2 is 2.03 bits per heavy atom. The highest BCUT2D eigenvalue weighted by Gasteiger charge is 2.31. The lowest BCUT2D eigenvalue weighted by Crippen LogP contribution is -2.52. The molecular formula is C20H29Cl2N5O3. The lowest BCUT2D eigenvalue weighted by molar-refractivity contribution is -0.143. The van der Waals surface area contributed by atoms with Crippen LogP contribution < -0.4 is 10.1 Å². The van der Waals surface area contributed by atoms with Crippen molar-refractivity contribution in [3.63, 3.8) is 0 Å². The summed E-state index contributed by atoms with van der Waals surface area (Å²) in [4.78, 5) is 29.0. The molecule has 1 aromatic carbocycles. The normalized spacial score (nSPS) is 16.6. The molecule has 1 aliphatic heterocycles. The van der Waals surface area contributed by atoms with Crippen molar-refractivity contribution in [2.24, 2.45) is 0 Å². The van der Waals surface area contributed by atoms with Crippen LogP contribution >= 0.6 is 24.8 Å². The van der Waals surface area contributed by atoms with Gasteiger partial charge in [0.2, 0.25) is 11.8 Å². The molecule has 1 fully saturated rings. The van der Waals surface area contributed by atoms with Gasteiger partial charge < -0.3 is 19.9 Å². The first-order chi connectivity index (χ1) is 13.5. The molecule has 0 spiro atoms. The number of nitrogens with zero attached hydrogens (tertiary/aromatic N) is 4. The average molecular weight is 458 g/mol. The number of halogens is 2. The van der Waals surface area contributed by atoms with Gasteiger partial charge in [0.15, 0.2) is 0 Å². The van der Waals surface area contributed by atoms with E-state index in [1.54, 1.807) is 44.2 Å². The van der Waals surface area contributed by atoms with Crippen LogP contribution in [0.25, 0.3) is 0 Å². The van der Waals surface area contributed by atoms with Gasteiger partial charge in [0.05, 0.1) is 19.7 Å². The van der Waals surface area contributed by atoms with E-state index in [2.05, 4.69) is 10.4 Å². The molecule has 1 aliphatic rings. The van der Waals surface area contributed by atoms with Crippen molar-refractivity contribution in [3.8, 4) is 5.75 Å². The molecule has 2 atom stereocenters. The van der Waals surface area contributed by atoms with Crippen molar-refractivity contribution in [1.29, 1.82) is 0 Å². The minimum Gasteiger partial charge on any atom is -0.496 e. The van der Waals surface area contributed by atoms with Crippen molar-refractivity contribution in [2.45, 2.75) is 19.0 Å². The summed E-state index contributed by atoms with van der Waals surface area (Å²) in [6, 6.07) is 8.91. The Hall–Kier alpha value is -2.29. The summed E-state index contributed by atoms with van der Waals surface area (Å²) in [5.41, 5.74) is 0.962. The fourth-order valence-corrected chi connectivity index (χ4v) is 3.54. The number of hydrogen-bond donors (Lipinski definition) is 1. The summed E-state index contributed by atoms with van der Waals surface area (Å²) in [6.45, 7) is 3.75. The second-order valence-corrected chi connectivity index (χ2v) is 6.91. The summed E-state index contributed by atoms with van der Waals surface area (Å²) in [5.74, 6) is 0.521. The number of nitrogens with one attached hydrogen (secondary N) is 1. The molecule has 2 unspecified atom stereocenters. The van der Waals surface area contributed by atoms with Crippen molar-refractivity contribution in [1.82, 2.24) is 24.9 Å². The van der Waals surface area contributed by atoms with Gasteiger partial charge in [-0.05, 0) is 19.1 Å². The van der Waals surface area contributed by atoms with Gasteiger partial charge in [-0.25, -0.2) is 0 Å². The molecule has 1 N–H and O–H groups in total. The van der Waals surface area contributed by atoms with Gasteiger partial charge in [0, 0.05) is 44.6 Å². The first kappa shape index (κ1) is 25.7. The van der Waals surface area contributed by atoms with Gasteiger partial charge in [0.25, 0.3) is 0 Å². The van der Waals surface area contributed by atoms with Gasteiger partial charge in [-0.15, -0.1) is 24.8 Å². The topological polar surface area (TPSA) is 79.7 Å². The van der Waals surface area contributed by atoms with E-state index >= 15 is 0 Å². The number of piperazine rings is 1. The predicted octanol–water partition coefficient (Wildman–Crippen LogP) is 1.93. The number of ether oxygens (including phenoxy) is 1. The molecule has 2 amide bonds. The van der Waals surface area contributed by atoms with E-state index in [0.717, 1.165) is 17.9 Å². The molecule has 0 aliphatic carbocycles. The summed E-state index contributed by atoms with van der Waals surface area (Å²) < 4.78 is 7.07. The Bertz CT molecular complexity index is 819. The number of amides is 2. The molecule has 166 valence electrons. The number of likely N-dealkylation sites (N-methyl/N-ethyl adjacent to an activating group) is 1. The Morgan fingerprint density at radius 3 is 2.70 bits per heavy atom. The van der Waals surface area contributed by atoms with Crippen molar-refractivity contribution in [3.05, 3.63) is 48.3 Å². The third-order valence-electron chi connectivity index (χ3n) is 5.09. The summed E-state index contributed by atoms with van der Waals surface area (Å²) >= 11 is 0. The van der Waals surface area contributed by atoms with E-state index in [-0.39, 0.29) is 49.2 Å². The van der Waals surface area contributed by atoms with Crippen LogP contribution in [0.4, 0.5) is 0 Å². The van der Waals surface area contributed by atoms with Crippen LogP contribution in [0.3, 0.4) is 0 Å². The third kappa shape index (κ3) is 5.65. The summed E-state index contributed by atoms with van der Waals surface area (Å²) in [6.07, 6.45) is 3.37. The third-order valence-corrected chi connectivity index (χ3v) is 5.09. The van der Waals surface area contributed by atoms with Crippen LogP contribution in [-0.2, 0) is 9.59 Å². The molecule has 1 saturated heterocycles. The quantitative estimate of drug-likeness (QED) is 0.716. The summed E-state index contributed by atoms with van der Waals surface area (Å²) in [7, 11) is 3.28. The van der Waals surface area contributed by atoms with Gasteiger partial charge in [-0.2, -0.15) is 5.10 Å². The second-order valence-electron chi connectivity index (χ2n) is 6.91. The number of benzene rings is 1. The van der Waals surface area contributed by atoms with E-state index in [4.69, 9.17) is 4.74 Å². The number of hydrogen-bond acceptors (Lipinski definition) is 5. The lowest BCUT2D eigenvalue weighted by Gasteiger charge is -2.38. The molecule has 0 bridgehead atoms. The second kappa shape index (κ2) is 11.8. The van der Waals surface area contributed by atoms with Gasteiger partial charge in [0.1, 0.15) is 11.8 Å². The zero-order valence-electron chi connectivity index (χ0n) is 17.4. The van der Waals surface area contributed by atoms with Crippen LogP contribution in [0.1, 0.15) is 24.6 Å². The van der Waals surface area contributed by atoms with Crippen LogP contribution in [0.2, 0.25) is 0 Å². The van der Waals surface area contributed by atoms with Gasteiger partial charge in [-0.3, -0.25) is 14.3 Å². The minimum atomic E-state index is -0.458. The molecule has 1 aromatic heterocycles. The van der Waals surface area contributed by atoms with Gasteiger partial charge >= 0.3 is 0 Å². The number of aromatic nitrogens is 2. The number of methoxy groups -OCH3 is 1. The first-order valence-corrected chi connectivity index (χ1v) is 9.40. The Kier molecular flexibility index (Phi) is 10.1. The van der Waals surface area contributed by atoms with Crippen LogP contribution in [0.5, 0.6) is 5.75 Å². The van der Waals surface area contributed by atoms with Crippen molar-refractivity contribution < 1.29 is 14.3 Å². The highest BCUT2D eigenvalue weighted by molar-refractivity contribution is 5.86. The molecular weight excluding hydrogens is 429 g/mol. The minimum absolute atomic E-state index is 0. The van der Waals surface area contributed by atoms with Crippen LogP contribution in [-0.4, -0.2) is 71.7 Å². The fraction of sp³-hybridized carbons (Fsp3) is 0.450. The predicted molar refractivity (Wildman–Crippen MR) is 119 cm³/mol. The monoisotopic (exact) mass is 457 g/mol. The van der Waals surface area contributed by atoms with E-state index in [1.165, 1.54) is 4.90 Å². The molecule has 8 nitrogen and oxygen atoms in total. The SMILES string of the molecule is COc1ccccc1C1CNCCN1C(=O)CN(C)C(=O)C(C)n1cccn1.Cl.Cl. The molecule has 10 heteroatoms. The smallest absolute Gasteiger partial charge is 0.247 e. The van der Waals surface area contributed by atoms with E-state index in [1.807, 2.05) is 29.2 Å². The zero-order chi connectivity index (χ0) is 20.1. The maximum atomic E-state index is 13.0. The lowest BCUT2D eigenvalue weighted by atomic mass is 10.0. The van der Waals surface area contributed by atoms with Crippen LogP contribution in [0.15, 0.2) is 42.7 Å². The number of para-hydroxylation sites is 1. The standard InChI is InChI=1S/C20H27N5O3.2ClH/c1-15(25-11-6-9-22-25)20(27)23(2)14-19(26)24-12-10-21-13-17(24)16-7-4-5-8-18(16)28-3;;/h4-9,11,15,17,21H,10,12-14H2,1-3H3;2*1H. The molecule has 0 radical (unpaired) electrons. The molecule has 3 rings (SSSR count). The molecule has 2 aromatic rings. The maximum absolute atomic E-state index is 13.0. The Morgan fingerprint density at radius 1 is 1.30 bits per heavy atom. The highest BCUT2D eigenvalue weighted by atomic mass is 35.5. The fourth-order valence-electron chi connectivity index (χ4n) is 3.54. The zero-order valence-corrected chi connectivity index (χ0v) is 19.0. The molecule has 2 heterocycles. The Labute approximate surface area is 189 Å².